The standard InChI is InChI=1S/C22H23N3O7/c1-30-19(10-11-20(27)25-29)21(16-4-8-18(9-5-16)31-13-12-26)32-22(28)24-17-6-2-15(14-23)3-7-17/h2-11,19,21,26,29H,12-13H2,1H3,(H,24,28)(H,25,27)/b11-10+/t19-,21-/m1/s1. The lowest BCUT2D eigenvalue weighted by molar-refractivity contribution is -0.124. The molecule has 0 aliphatic heterocycles. The lowest BCUT2D eigenvalue weighted by Gasteiger charge is -2.24. The summed E-state index contributed by atoms with van der Waals surface area (Å²) in [5.41, 5.74) is 2.87. The fourth-order valence-corrected chi connectivity index (χ4v) is 2.66. The molecule has 10 nitrogen and oxygen atoms in total. The lowest BCUT2D eigenvalue weighted by atomic mass is 10.0. The van der Waals surface area contributed by atoms with E-state index < -0.39 is 24.2 Å². The number of ether oxygens (including phenoxy) is 3. The topological polar surface area (TPSA) is 150 Å². The van der Waals surface area contributed by atoms with E-state index in [1.165, 1.54) is 18.7 Å². The Kier molecular flexibility index (Phi) is 9.68. The third kappa shape index (κ3) is 7.41. The number of methoxy groups -OCH3 is 1. The molecule has 0 aliphatic carbocycles. The van der Waals surface area contributed by atoms with Gasteiger partial charge in [0.05, 0.1) is 18.2 Å². The molecule has 0 saturated heterocycles. The monoisotopic (exact) mass is 441 g/mol. The van der Waals surface area contributed by atoms with Crippen molar-refractivity contribution in [1.82, 2.24) is 5.48 Å². The zero-order valence-corrected chi connectivity index (χ0v) is 17.2. The van der Waals surface area contributed by atoms with E-state index >= 15 is 0 Å². The molecule has 32 heavy (non-hydrogen) atoms. The first-order chi connectivity index (χ1) is 15.5. The van der Waals surface area contributed by atoms with Crippen molar-refractivity contribution >= 4 is 17.7 Å². The zero-order chi connectivity index (χ0) is 23.3. The summed E-state index contributed by atoms with van der Waals surface area (Å²) in [5, 5.41) is 29.0. The van der Waals surface area contributed by atoms with Crippen LogP contribution in [-0.2, 0) is 14.3 Å². The summed E-state index contributed by atoms with van der Waals surface area (Å²) in [5.74, 6) is -0.270. The molecule has 0 radical (unpaired) electrons. The van der Waals surface area contributed by atoms with E-state index in [9.17, 15) is 9.59 Å². The molecule has 0 aliphatic rings. The van der Waals surface area contributed by atoms with E-state index in [4.69, 9.17) is 29.8 Å². The van der Waals surface area contributed by atoms with Crippen LogP contribution < -0.4 is 15.5 Å². The van der Waals surface area contributed by atoms with E-state index in [1.807, 2.05) is 6.07 Å². The number of carbonyl (C=O) groups is 2. The quantitative estimate of drug-likeness (QED) is 0.249. The van der Waals surface area contributed by atoms with Gasteiger partial charge in [-0.1, -0.05) is 12.1 Å². The van der Waals surface area contributed by atoms with E-state index in [0.29, 0.717) is 22.6 Å². The molecule has 0 aromatic heterocycles. The number of hydroxylamine groups is 1. The molecule has 10 heteroatoms. The van der Waals surface area contributed by atoms with Crippen LogP contribution in [0.1, 0.15) is 17.2 Å². The Balaban J connectivity index is 2.23. The van der Waals surface area contributed by atoms with Crippen LogP contribution >= 0.6 is 0 Å². The molecule has 168 valence electrons. The van der Waals surface area contributed by atoms with Crippen LogP contribution in [0, 0.1) is 11.3 Å². The maximum atomic E-state index is 12.5. The Bertz CT molecular complexity index is 953. The van der Waals surface area contributed by atoms with Gasteiger partial charge in [-0.25, -0.2) is 10.3 Å². The minimum absolute atomic E-state index is 0.131. The highest BCUT2D eigenvalue weighted by Crippen LogP contribution is 2.27. The van der Waals surface area contributed by atoms with Crippen molar-refractivity contribution in [3.05, 3.63) is 71.8 Å². The largest absolute Gasteiger partial charge is 0.491 e. The van der Waals surface area contributed by atoms with Gasteiger partial charge in [0.2, 0.25) is 0 Å². The van der Waals surface area contributed by atoms with Crippen LogP contribution in [0.4, 0.5) is 10.5 Å². The maximum absolute atomic E-state index is 12.5. The molecule has 2 rings (SSSR count). The van der Waals surface area contributed by atoms with Gasteiger partial charge in [0.1, 0.15) is 18.5 Å². The second-order valence-electron chi connectivity index (χ2n) is 6.32. The predicted molar refractivity (Wildman–Crippen MR) is 113 cm³/mol. The third-order valence-corrected chi connectivity index (χ3v) is 4.18. The number of nitrogens with one attached hydrogen (secondary N) is 2. The van der Waals surface area contributed by atoms with Crippen molar-refractivity contribution in [2.75, 3.05) is 25.6 Å². The minimum atomic E-state index is -0.965. The molecule has 0 unspecified atom stereocenters. The Morgan fingerprint density at radius 1 is 1.16 bits per heavy atom. The molecule has 0 saturated carbocycles. The van der Waals surface area contributed by atoms with E-state index in [-0.39, 0.29) is 13.2 Å². The number of aliphatic hydroxyl groups is 1. The Hall–Kier alpha value is -3.91. The van der Waals surface area contributed by atoms with Crippen molar-refractivity contribution < 1.29 is 34.1 Å². The Labute approximate surface area is 184 Å². The number of amides is 2. The van der Waals surface area contributed by atoms with Gasteiger partial charge in [-0.2, -0.15) is 5.26 Å². The molecular formula is C22H23N3O7. The average Bonchev–Trinajstić information content (AvgIpc) is 2.83. The number of aliphatic hydroxyl groups excluding tert-OH is 1. The molecule has 0 heterocycles. The summed E-state index contributed by atoms with van der Waals surface area (Å²) in [6.07, 6.45) is -0.248. The summed E-state index contributed by atoms with van der Waals surface area (Å²) < 4.78 is 16.3. The normalized spacial score (nSPS) is 12.4. The SMILES string of the molecule is CO[C@H](/C=C/C(=O)NO)[C@H](OC(=O)Nc1ccc(C#N)cc1)c1ccc(OCCO)cc1. The third-order valence-electron chi connectivity index (χ3n) is 4.18. The van der Waals surface area contributed by atoms with Gasteiger partial charge in [-0.15, -0.1) is 0 Å². The summed E-state index contributed by atoms with van der Waals surface area (Å²) in [6.45, 7) is -0.00154. The molecular weight excluding hydrogens is 418 g/mol. The van der Waals surface area contributed by atoms with Gasteiger partial charge < -0.3 is 19.3 Å². The van der Waals surface area contributed by atoms with Gasteiger partial charge >= 0.3 is 6.09 Å². The van der Waals surface area contributed by atoms with Gasteiger partial charge in [-0.3, -0.25) is 15.3 Å². The second kappa shape index (κ2) is 12.7. The van der Waals surface area contributed by atoms with Crippen molar-refractivity contribution in [2.24, 2.45) is 0 Å². The number of hydrogen-bond donors (Lipinski definition) is 4. The molecule has 2 aromatic rings. The van der Waals surface area contributed by atoms with Crippen LogP contribution in [-0.4, -0.2) is 48.7 Å². The molecule has 0 bridgehead atoms. The maximum Gasteiger partial charge on any atom is 0.412 e. The zero-order valence-electron chi connectivity index (χ0n) is 17.2. The summed E-state index contributed by atoms with van der Waals surface area (Å²) in [4.78, 5) is 23.9. The van der Waals surface area contributed by atoms with Gasteiger partial charge in [0.25, 0.3) is 5.91 Å². The fraction of sp³-hybridized carbons (Fsp3) is 0.227. The minimum Gasteiger partial charge on any atom is -0.491 e. The van der Waals surface area contributed by atoms with Crippen LogP contribution in [0.15, 0.2) is 60.7 Å². The van der Waals surface area contributed by atoms with Crippen LogP contribution in [0.5, 0.6) is 5.75 Å². The number of rotatable bonds is 10. The highest BCUT2D eigenvalue weighted by Gasteiger charge is 2.26. The highest BCUT2D eigenvalue weighted by atomic mass is 16.6. The molecule has 0 spiro atoms. The Morgan fingerprint density at radius 2 is 1.84 bits per heavy atom. The first-order valence-electron chi connectivity index (χ1n) is 9.47. The second-order valence-corrected chi connectivity index (χ2v) is 6.32. The number of carbonyl (C=O) groups excluding carboxylic acids is 2. The summed E-state index contributed by atoms with van der Waals surface area (Å²) in [7, 11) is 1.37. The van der Waals surface area contributed by atoms with Gasteiger partial charge in [0, 0.05) is 18.9 Å². The van der Waals surface area contributed by atoms with Crippen molar-refractivity contribution in [1.29, 1.82) is 5.26 Å². The Morgan fingerprint density at radius 3 is 2.41 bits per heavy atom. The number of nitriles is 1. The number of hydrogen-bond acceptors (Lipinski definition) is 8. The van der Waals surface area contributed by atoms with Crippen molar-refractivity contribution in [3.8, 4) is 11.8 Å². The van der Waals surface area contributed by atoms with Crippen LogP contribution in [0.3, 0.4) is 0 Å². The van der Waals surface area contributed by atoms with Gasteiger partial charge in [0.15, 0.2) is 6.10 Å². The van der Waals surface area contributed by atoms with Crippen LogP contribution in [0.25, 0.3) is 0 Å². The van der Waals surface area contributed by atoms with E-state index in [1.54, 1.807) is 48.5 Å². The number of anilines is 1. The van der Waals surface area contributed by atoms with Crippen molar-refractivity contribution in [3.63, 3.8) is 0 Å². The molecule has 2 amide bonds. The average molecular weight is 441 g/mol. The van der Waals surface area contributed by atoms with Gasteiger partial charge in [-0.05, 0) is 48.0 Å². The molecule has 2 aromatic carbocycles. The fourth-order valence-electron chi connectivity index (χ4n) is 2.66. The highest BCUT2D eigenvalue weighted by molar-refractivity contribution is 5.86. The van der Waals surface area contributed by atoms with E-state index in [0.717, 1.165) is 6.08 Å². The molecule has 0 fully saturated rings. The first kappa shape index (κ1) is 24.4. The molecule has 4 N–H and O–H groups in total. The smallest absolute Gasteiger partial charge is 0.412 e. The molecule has 2 atom stereocenters. The van der Waals surface area contributed by atoms with Crippen LogP contribution in [0.2, 0.25) is 0 Å². The predicted octanol–water partition coefficient (Wildman–Crippen LogP) is 2.30. The van der Waals surface area contributed by atoms with E-state index in [2.05, 4.69) is 5.32 Å². The summed E-state index contributed by atoms with van der Waals surface area (Å²) >= 11 is 0. The number of benzene rings is 2. The first-order valence-corrected chi connectivity index (χ1v) is 9.47. The number of nitrogens with zero attached hydrogens (tertiary/aromatic N) is 1. The van der Waals surface area contributed by atoms with Crippen molar-refractivity contribution in [2.45, 2.75) is 12.2 Å². The summed E-state index contributed by atoms with van der Waals surface area (Å²) in [6, 6.07) is 14.8. The lowest BCUT2D eigenvalue weighted by Crippen LogP contribution is -2.27.